The quantitative estimate of drug-likeness (QED) is 0.831. The Labute approximate surface area is 116 Å². The number of carbonyl (C=O) groups excluding carboxylic acids is 1. The second-order valence-electron chi connectivity index (χ2n) is 5.44. The van der Waals surface area contributed by atoms with E-state index in [1.165, 1.54) is 6.42 Å². The minimum absolute atomic E-state index is 0.261. The third-order valence-electron chi connectivity index (χ3n) is 3.84. The first-order valence-electron chi connectivity index (χ1n) is 7.28. The van der Waals surface area contributed by atoms with E-state index in [2.05, 4.69) is 30.9 Å². The van der Waals surface area contributed by atoms with Gasteiger partial charge in [-0.25, -0.2) is 0 Å². The largest absolute Gasteiger partial charge is 0.362 e. The minimum atomic E-state index is 0.261. The zero-order valence-electron chi connectivity index (χ0n) is 12.0. The summed E-state index contributed by atoms with van der Waals surface area (Å²) in [6.07, 6.45) is 2.39. The Balaban J connectivity index is 1.96. The van der Waals surface area contributed by atoms with Crippen LogP contribution < -0.4 is 4.90 Å². The van der Waals surface area contributed by atoms with Crippen molar-refractivity contribution in [2.45, 2.75) is 26.7 Å². The van der Waals surface area contributed by atoms with E-state index in [1.54, 1.807) is 0 Å². The van der Waals surface area contributed by atoms with Crippen LogP contribution in [0.1, 0.15) is 26.7 Å². The molecule has 1 fully saturated rings. The van der Waals surface area contributed by atoms with Crippen molar-refractivity contribution in [2.24, 2.45) is 5.92 Å². The van der Waals surface area contributed by atoms with Gasteiger partial charge in [-0.15, -0.1) is 0 Å². The number of hydrogen-bond donors (Lipinski definition) is 0. The van der Waals surface area contributed by atoms with Crippen molar-refractivity contribution < 1.29 is 4.79 Å². The van der Waals surface area contributed by atoms with Crippen molar-refractivity contribution in [3.8, 4) is 0 Å². The van der Waals surface area contributed by atoms with E-state index in [4.69, 9.17) is 0 Å². The lowest BCUT2D eigenvalue weighted by Gasteiger charge is -2.33. The van der Waals surface area contributed by atoms with Crippen LogP contribution in [0.15, 0.2) is 30.3 Å². The molecule has 104 valence electrons. The summed E-state index contributed by atoms with van der Waals surface area (Å²) >= 11 is 0. The molecule has 1 aromatic rings. The highest BCUT2D eigenvalue weighted by atomic mass is 16.2. The van der Waals surface area contributed by atoms with Crippen molar-refractivity contribution >= 4 is 11.6 Å². The number of likely N-dealkylation sites (N-methyl/N-ethyl adjacent to an activating group) is 1. The first-order chi connectivity index (χ1) is 9.20. The number of piperidine rings is 1. The van der Waals surface area contributed by atoms with E-state index in [1.807, 2.05) is 23.1 Å². The number of nitrogens with zero attached hydrogens (tertiary/aromatic N) is 2. The first-order valence-corrected chi connectivity index (χ1v) is 7.28. The Hall–Kier alpha value is -1.51. The molecule has 1 aliphatic rings. The molecule has 1 amide bonds. The van der Waals surface area contributed by atoms with E-state index in [-0.39, 0.29) is 5.91 Å². The lowest BCUT2D eigenvalue weighted by Crippen LogP contribution is -2.44. The summed E-state index contributed by atoms with van der Waals surface area (Å²) in [5.74, 6) is 0.904. The number of para-hydroxylation sites is 1. The van der Waals surface area contributed by atoms with Crippen LogP contribution in [0, 0.1) is 5.92 Å². The van der Waals surface area contributed by atoms with Crippen LogP contribution in [0.3, 0.4) is 0 Å². The number of amides is 1. The second kappa shape index (κ2) is 6.60. The van der Waals surface area contributed by atoms with Gasteiger partial charge in [0.05, 0.1) is 6.54 Å². The standard InChI is InChI=1S/C16H24N2O/c1-3-17(15-9-5-4-6-10-15)13-16(19)18-11-7-8-14(2)12-18/h4-6,9-10,14H,3,7-8,11-13H2,1-2H3. The van der Waals surface area contributed by atoms with Crippen LogP contribution in [0.25, 0.3) is 0 Å². The van der Waals surface area contributed by atoms with Gasteiger partial charge in [0.1, 0.15) is 0 Å². The van der Waals surface area contributed by atoms with Gasteiger partial charge in [0.2, 0.25) is 5.91 Å². The maximum absolute atomic E-state index is 12.4. The number of benzene rings is 1. The van der Waals surface area contributed by atoms with E-state index in [0.29, 0.717) is 12.5 Å². The molecule has 1 aliphatic heterocycles. The van der Waals surface area contributed by atoms with E-state index >= 15 is 0 Å². The van der Waals surface area contributed by atoms with Gasteiger partial charge in [0.15, 0.2) is 0 Å². The topological polar surface area (TPSA) is 23.6 Å². The summed E-state index contributed by atoms with van der Waals surface area (Å²) in [7, 11) is 0. The van der Waals surface area contributed by atoms with Crippen LogP contribution in [-0.4, -0.2) is 37.0 Å². The van der Waals surface area contributed by atoms with Gasteiger partial charge < -0.3 is 9.80 Å². The van der Waals surface area contributed by atoms with Crippen LogP contribution in [0.4, 0.5) is 5.69 Å². The van der Waals surface area contributed by atoms with Crippen molar-refractivity contribution in [3.05, 3.63) is 30.3 Å². The normalized spacial score (nSPS) is 19.3. The van der Waals surface area contributed by atoms with Gasteiger partial charge in [-0.05, 0) is 37.8 Å². The molecule has 0 saturated carbocycles. The van der Waals surface area contributed by atoms with Crippen molar-refractivity contribution in [3.63, 3.8) is 0 Å². The Morgan fingerprint density at radius 2 is 2.11 bits per heavy atom. The fourth-order valence-electron chi connectivity index (χ4n) is 2.70. The number of hydrogen-bond acceptors (Lipinski definition) is 2. The average Bonchev–Trinajstić information content (AvgIpc) is 2.45. The van der Waals surface area contributed by atoms with Crippen LogP contribution in [0.5, 0.6) is 0 Å². The molecule has 2 rings (SSSR count). The Bertz CT molecular complexity index is 404. The summed E-state index contributed by atoms with van der Waals surface area (Å²) in [6, 6.07) is 10.2. The predicted molar refractivity (Wildman–Crippen MR) is 79.3 cm³/mol. The molecule has 19 heavy (non-hydrogen) atoms. The van der Waals surface area contributed by atoms with Crippen LogP contribution >= 0.6 is 0 Å². The molecular weight excluding hydrogens is 236 g/mol. The van der Waals surface area contributed by atoms with E-state index in [0.717, 1.165) is 31.7 Å². The summed E-state index contributed by atoms with van der Waals surface area (Å²) in [5, 5.41) is 0. The summed E-state index contributed by atoms with van der Waals surface area (Å²) in [5.41, 5.74) is 1.13. The molecule has 0 radical (unpaired) electrons. The number of likely N-dealkylation sites (tertiary alicyclic amines) is 1. The van der Waals surface area contributed by atoms with Crippen molar-refractivity contribution in [2.75, 3.05) is 31.1 Å². The fourth-order valence-corrected chi connectivity index (χ4v) is 2.70. The van der Waals surface area contributed by atoms with E-state index < -0.39 is 0 Å². The van der Waals surface area contributed by atoms with Gasteiger partial charge in [0, 0.05) is 25.3 Å². The highest BCUT2D eigenvalue weighted by Crippen LogP contribution is 2.17. The molecule has 1 atom stereocenters. The lowest BCUT2D eigenvalue weighted by atomic mass is 10.0. The second-order valence-corrected chi connectivity index (χ2v) is 5.44. The van der Waals surface area contributed by atoms with Gasteiger partial charge in [-0.3, -0.25) is 4.79 Å². The molecule has 0 aromatic heterocycles. The summed E-state index contributed by atoms with van der Waals surface area (Å²) < 4.78 is 0. The molecule has 3 nitrogen and oxygen atoms in total. The third kappa shape index (κ3) is 3.72. The maximum atomic E-state index is 12.4. The molecule has 1 aromatic carbocycles. The number of rotatable bonds is 4. The van der Waals surface area contributed by atoms with Crippen LogP contribution in [0.2, 0.25) is 0 Å². The highest BCUT2D eigenvalue weighted by Gasteiger charge is 2.22. The molecule has 0 spiro atoms. The highest BCUT2D eigenvalue weighted by molar-refractivity contribution is 5.81. The number of anilines is 1. The molecule has 0 bridgehead atoms. The SMILES string of the molecule is CCN(CC(=O)N1CCCC(C)C1)c1ccccc1. The fraction of sp³-hybridized carbons (Fsp3) is 0.562. The molecular formula is C16H24N2O. The van der Waals surface area contributed by atoms with Crippen LogP contribution in [-0.2, 0) is 4.79 Å². The van der Waals surface area contributed by atoms with Gasteiger partial charge in [-0.2, -0.15) is 0 Å². The molecule has 1 unspecified atom stereocenters. The van der Waals surface area contributed by atoms with Gasteiger partial charge >= 0.3 is 0 Å². The van der Waals surface area contributed by atoms with Crippen molar-refractivity contribution in [1.82, 2.24) is 4.90 Å². The molecule has 1 heterocycles. The zero-order chi connectivity index (χ0) is 13.7. The smallest absolute Gasteiger partial charge is 0.242 e. The Morgan fingerprint density at radius 1 is 1.37 bits per heavy atom. The predicted octanol–water partition coefficient (Wildman–Crippen LogP) is 2.77. The molecule has 0 N–H and O–H groups in total. The summed E-state index contributed by atoms with van der Waals surface area (Å²) in [6.45, 7) is 7.53. The third-order valence-corrected chi connectivity index (χ3v) is 3.84. The lowest BCUT2D eigenvalue weighted by molar-refractivity contribution is -0.131. The maximum Gasteiger partial charge on any atom is 0.242 e. The van der Waals surface area contributed by atoms with Gasteiger partial charge in [-0.1, -0.05) is 25.1 Å². The zero-order valence-corrected chi connectivity index (χ0v) is 12.0. The Morgan fingerprint density at radius 3 is 2.74 bits per heavy atom. The molecule has 3 heteroatoms. The monoisotopic (exact) mass is 260 g/mol. The molecule has 1 saturated heterocycles. The molecule has 0 aliphatic carbocycles. The first kappa shape index (κ1) is 13.9. The Kier molecular flexibility index (Phi) is 4.83. The van der Waals surface area contributed by atoms with Gasteiger partial charge in [0.25, 0.3) is 0 Å². The average molecular weight is 260 g/mol. The minimum Gasteiger partial charge on any atom is -0.362 e. The number of carbonyl (C=O) groups is 1. The summed E-state index contributed by atoms with van der Waals surface area (Å²) in [4.78, 5) is 16.5. The van der Waals surface area contributed by atoms with Crippen molar-refractivity contribution in [1.29, 1.82) is 0 Å². The van der Waals surface area contributed by atoms with E-state index in [9.17, 15) is 4.79 Å².